The molecular formula is C57H90NO16P. The van der Waals surface area contributed by atoms with Gasteiger partial charge in [0.05, 0.1) is 50.8 Å². The zero-order chi connectivity index (χ0) is 55.2. The summed E-state index contributed by atoms with van der Waals surface area (Å²) in [5.41, 5.74) is 1.23. The van der Waals surface area contributed by atoms with Crippen molar-refractivity contribution in [3.05, 3.63) is 47.6 Å². The molecule has 424 valence electrons. The van der Waals surface area contributed by atoms with E-state index in [-0.39, 0.29) is 80.0 Å². The first-order valence-corrected chi connectivity index (χ1v) is 30.0. The Morgan fingerprint density at radius 1 is 0.853 bits per heavy atom. The number of carbonyl (C=O) groups is 5. The number of rotatable bonds is 12. The van der Waals surface area contributed by atoms with Gasteiger partial charge in [-0.05, 0) is 107 Å². The van der Waals surface area contributed by atoms with Crippen LogP contribution < -0.4 is 0 Å². The number of esters is 1. The molecule has 1 aliphatic carbocycles. The van der Waals surface area contributed by atoms with E-state index >= 15 is 0 Å². The number of aliphatic hydroxyl groups is 2. The maximum Gasteiger partial charge on any atom is 0.329 e. The van der Waals surface area contributed by atoms with Crippen molar-refractivity contribution in [2.24, 2.45) is 35.5 Å². The van der Waals surface area contributed by atoms with Gasteiger partial charge in [-0.15, -0.1) is 0 Å². The summed E-state index contributed by atoms with van der Waals surface area (Å²) < 4.78 is 60.1. The molecule has 0 spiro atoms. The van der Waals surface area contributed by atoms with E-state index in [4.69, 9.17) is 37.7 Å². The lowest BCUT2D eigenvalue weighted by atomic mass is 9.78. The SMILES string of the molecule is CO[C@@H]1C[C@H](C[C@@H](C)[C@@H]2CC(=O)[C@H](C)C=C(C)[C@@H](O)[C@@H](OC)C(=O)[C@H](C)C[C@H](C)C=CC=CC=C(C)[C@H](OCCOC3COC3)C[C@@H]3CC[C@@H](C)[C@@](O)(O3)C(=O)C(=O)N3CCCC[C@H]3C(=O)O2)CC[C@H]1OP(C)(C)=O. The zero-order valence-electron chi connectivity index (χ0n) is 46.6. The number of piperidine rings is 1. The molecule has 15 atom stereocenters. The Bertz CT molecular complexity index is 2100. The van der Waals surface area contributed by atoms with Crippen LogP contribution in [0.1, 0.15) is 126 Å². The van der Waals surface area contributed by atoms with Crippen molar-refractivity contribution in [3.63, 3.8) is 0 Å². The van der Waals surface area contributed by atoms with Crippen LogP contribution in [0.15, 0.2) is 47.6 Å². The molecule has 17 nitrogen and oxygen atoms in total. The highest BCUT2D eigenvalue weighted by molar-refractivity contribution is 7.57. The number of ether oxygens (including phenoxy) is 7. The predicted molar refractivity (Wildman–Crippen MR) is 283 cm³/mol. The topological polar surface area (TPSA) is 220 Å². The van der Waals surface area contributed by atoms with Crippen LogP contribution in [0, 0.1) is 35.5 Å². The van der Waals surface area contributed by atoms with E-state index in [9.17, 15) is 38.8 Å². The van der Waals surface area contributed by atoms with Crippen molar-refractivity contribution in [1.29, 1.82) is 0 Å². The average Bonchev–Trinajstić information content (AvgIpc) is 3.35. The summed E-state index contributed by atoms with van der Waals surface area (Å²) >= 11 is 0. The van der Waals surface area contributed by atoms with E-state index in [0.29, 0.717) is 76.8 Å². The molecular weight excluding hydrogens is 986 g/mol. The smallest absolute Gasteiger partial charge is 0.329 e. The van der Waals surface area contributed by atoms with E-state index in [1.807, 2.05) is 58.1 Å². The largest absolute Gasteiger partial charge is 0.460 e. The number of hydrogen-bond donors (Lipinski definition) is 2. The monoisotopic (exact) mass is 1080 g/mol. The molecule has 1 amide bonds. The highest BCUT2D eigenvalue weighted by Gasteiger charge is 2.53. The van der Waals surface area contributed by atoms with E-state index in [1.165, 1.54) is 12.0 Å². The lowest BCUT2D eigenvalue weighted by Crippen LogP contribution is -2.61. The lowest BCUT2D eigenvalue weighted by Gasteiger charge is -2.43. The van der Waals surface area contributed by atoms with E-state index in [0.717, 1.165) is 12.0 Å². The molecule has 75 heavy (non-hydrogen) atoms. The molecule has 3 saturated heterocycles. The number of nitrogens with zero attached hydrogens (tertiary/aromatic N) is 1. The van der Waals surface area contributed by atoms with Gasteiger partial charge >= 0.3 is 5.97 Å². The minimum Gasteiger partial charge on any atom is -0.460 e. The van der Waals surface area contributed by atoms with Crippen LogP contribution in [0.2, 0.25) is 0 Å². The van der Waals surface area contributed by atoms with Crippen LogP contribution in [0.4, 0.5) is 0 Å². The third kappa shape index (κ3) is 17.9. The molecule has 5 aliphatic rings. The van der Waals surface area contributed by atoms with E-state index in [1.54, 1.807) is 47.3 Å². The Labute approximate surface area is 446 Å². The fourth-order valence-electron chi connectivity index (χ4n) is 11.2. The molecule has 0 unspecified atom stereocenters. The molecule has 4 heterocycles. The molecule has 1 saturated carbocycles. The highest BCUT2D eigenvalue weighted by Crippen LogP contribution is 2.45. The van der Waals surface area contributed by atoms with Crippen molar-refractivity contribution < 1.29 is 76.4 Å². The van der Waals surface area contributed by atoms with Gasteiger partial charge in [-0.1, -0.05) is 71.1 Å². The number of fused-ring (bicyclic) bond motifs is 3. The summed E-state index contributed by atoms with van der Waals surface area (Å²) in [6, 6.07) is -1.18. The third-order valence-electron chi connectivity index (χ3n) is 15.9. The van der Waals surface area contributed by atoms with Gasteiger partial charge in [-0.25, -0.2) is 4.79 Å². The number of aliphatic hydroxyl groups excluding tert-OH is 1. The fraction of sp³-hybridized carbons (Fsp3) is 0.772. The zero-order valence-corrected chi connectivity index (χ0v) is 47.5. The number of cyclic esters (lactones) is 1. The summed E-state index contributed by atoms with van der Waals surface area (Å²) in [5, 5.41) is 23.7. The van der Waals surface area contributed by atoms with Crippen molar-refractivity contribution in [1.82, 2.24) is 4.90 Å². The van der Waals surface area contributed by atoms with Gasteiger partial charge in [0.1, 0.15) is 36.2 Å². The fourth-order valence-corrected chi connectivity index (χ4v) is 12.1. The molecule has 2 bridgehead atoms. The van der Waals surface area contributed by atoms with Crippen LogP contribution in [0.5, 0.6) is 0 Å². The number of methoxy groups -OCH3 is 2. The number of Topliss-reactive ketones (excluding diaryl/α,β-unsaturated/α-hetero) is 3. The Kier molecular flexibility index (Phi) is 24.3. The maximum absolute atomic E-state index is 14.6. The molecule has 5 rings (SSSR count). The summed E-state index contributed by atoms with van der Waals surface area (Å²) in [7, 11) is 0.172. The number of ketones is 3. The minimum absolute atomic E-state index is 0.0111. The molecule has 4 aliphatic heterocycles. The van der Waals surface area contributed by atoms with Gasteiger partial charge in [0, 0.05) is 64.7 Å². The molecule has 0 aromatic heterocycles. The summed E-state index contributed by atoms with van der Waals surface area (Å²) in [5.74, 6) is -8.30. The number of allylic oxidation sites excluding steroid dienone is 6. The first kappa shape index (κ1) is 62.6. The van der Waals surface area contributed by atoms with Crippen molar-refractivity contribution in [2.75, 3.05) is 60.5 Å². The molecule has 0 aromatic carbocycles. The van der Waals surface area contributed by atoms with Gasteiger partial charge < -0.3 is 52.8 Å². The Morgan fingerprint density at radius 3 is 2.24 bits per heavy atom. The van der Waals surface area contributed by atoms with Gasteiger partial charge in [-0.3, -0.25) is 23.7 Å². The standard InChI is InChI=1S/C57H90NO16P/c1-35-17-13-12-14-18-36(2)48(71-26-25-70-44-33-69-34-44)31-43-22-20-41(7)57(65,73-43)54(62)55(63)58-24-16-15-19-45(58)56(64)72-49(38(4)29-42-21-23-47(50(30-42)67-8)74-75(10,11)66)32-46(59)37(3)28-40(6)52(61)53(68-9)51(60)39(5)27-35/h12-14,17-18,28,35,37-39,41-45,47-50,52-53,61,65H,15-16,19-27,29-34H2,1-11H3/t35-,37-,38-,39-,41-,42+,43+,45+,47-,48-,49+,50-,52-,53+,57-/m1/s1. The number of amides is 1. The Balaban J connectivity index is 1.46. The van der Waals surface area contributed by atoms with Crippen LogP contribution in [0.3, 0.4) is 0 Å². The van der Waals surface area contributed by atoms with Crippen molar-refractivity contribution in [2.45, 2.75) is 186 Å². The molecule has 0 radical (unpaired) electrons. The summed E-state index contributed by atoms with van der Waals surface area (Å²) in [6.45, 7) is 17.5. The van der Waals surface area contributed by atoms with Gasteiger partial charge in [0.15, 0.2) is 13.2 Å². The molecule has 2 N–H and O–H groups in total. The van der Waals surface area contributed by atoms with Crippen LogP contribution in [0.25, 0.3) is 0 Å². The van der Waals surface area contributed by atoms with Gasteiger partial charge in [-0.2, -0.15) is 0 Å². The lowest BCUT2D eigenvalue weighted by molar-refractivity contribution is -0.266. The summed E-state index contributed by atoms with van der Waals surface area (Å²) in [6.07, 6.45) is 11.0. The Hall–Kier alpha value is -3.22. The second-order valence-electron chi connectivity index (χ2n) is 22.6. The second kappa shape index (κ2) is 29.1. The molecule has 18 heteroatoms. The van der Waals surface area contributed by atoms with E-state index in [2.05, 4.69) is 0 Å². The third-order valence-corrected chi connectivity index (χ3v) is 16.7. The number of hydrogen-bond acceptors (Lipinski definition) is 16. The van der Waals surface area contributed by atoms with Crippen molar-refractivity contribution in [3.8, 4) is 0 Å². The van der Waals surface area contributed by atoms with Crippen LogP contribution in [-0.4, -0.2) is 166 Å². The normalized spacial score (nSPS) is 35.8. The quantitative estimate of drug-likeness (QED) is 0.0634. The number of carbonyl (C=O) groups excluding carboxylic acids is 5. The maximum atomic E-state index is 14.6. The first-order chi connectivity index (χ1) is 35.5. The molecule has 4 fully saturated rings. The van der Waals surface area contributed by atoms with Crippen LogP contribution >= 0.6 is 7.37 Å². The predicted octanol–water partition coefficient (Wildman–Crippen LogP) is 7.53. The average molecular weight is 1080 g/mol. The van der Waals surface area contributed by atoms with Gasteiger partial charge in [0.25, 0.3) is 11.7 Å². The molecule has 0 aromatic rings. The Morgan fingerprint density at radius 2 is 1.57 bits per heavy atom. The van der Waals surface area contributed by atoms with E-state index < -0.39 is 85.1 Å². The van der Waals surface area contributed by atoms with Crippen molar-refractivity contribution >= 4 is 36.6 Å². The summed E-state index contributed by atoms with van der Waals surface area (Å²) in [4.78, 5) is 72.9. The van der Waals surface area contributed by atoms with Crippen LogP contribution in [-0.2, 0) is 66.2 Å². The minimum atomic E-state index is -2.80. The van der Waals surface area contributed by atoms with Gasteiger partial charge in [0.2, 0.25) is 5.79 Å². The second-order valence-corrected chi connectivity index (χ2v) is 25.3. The highest BCUT2D eigenvalue weighted by atomic mass is 31.2. The first-order valence-electron chi connectivity index (χ1n) is 27.5.